The maximum Gasteiger partial charge on any atom is 0.339 e. The number of carbonyl (C=O) groups excluding carboxylic acids is 1. The fourth-order valence-corrected chi connectivity index (χ4v) is 5.55. The van der Waals surface area contributed by atoms with Crippen molar-refractivity contribution in [2.24, 2.45) is 0 Å². The molecule has 0 bridgehead atoms. The van der Waals surface area contributed by atoms with E-state index in [1.165, 1.54) is 13.4 Å². The topological polar surface area (TPSA) is 82.5 Å². The fourth-order valence-electron chi connectivity index (χ4n) is 4.57. The van der Waals surface area contributed by atoms with Crippen molar-refractivity contribution in [2.45, 2.75) is 13.5 Å². The van der Waals surface area contributed by atoms with Crippen molar-refractivity contribution in [1.82, 2.24) is 9.55 Å². The summed E-state index contributed by atoms with van der Waals surface area (Å²) < 4.78 is 27.4. The molecule has 0 amide bonds. The van der Waals surface area contributed by atoms with Crippen molar-refractivity contribution in [2.75, 3.05) is 18.1 Å². The smallest absolute Gasteiger partial charge is 0.339 e. The number of halogens is 2. The minimum absolute atomic E-state index is 0.270. The minimum Gasteiger partial charge on any atom is -0.465 e. The highest BCUT2D eigenvalue weighted by molar-refractivity contribution is 7.85. The maximum absolute atomic E-state index is 12.1. The highest BCUT2D eigenvalue weighted by Gasteiger charge is 2.15. The molecule has 0 radical (unpaired) electrons. The molecule has 1 unspecified atom stereocenters. The van der Waals surface area contributed by atoms with Crippen molar-refractivity contribution in [3.63, 3.8) is 0 Å². The van der Waals surface area contributed by atoms with Gasteiger partial charge in [0, 0.05) is 35.6 Å². The zero-order valence-electron chi connectivity index (χ0n) is 24.2. The number of rotatable bonds is 10. The van der Waals surface area contributed by atoms with Crippen molar-refractivity contribution in [3.05, 3.63) is 118 Å². The average Bonchev–Trinajstić information content (AvgIpc) is 3.43. The van der Waals surface area contributed by atoms with Crippen LogP contribution in [-0.2, 0) is 22.3 Å². The molecule has 0 aliphatic carbocycles. The van der Waals surface area contributed by atoms with Gasteiger partial charge in [-0.2, -0.15) is 0 Å². The summed E-state index contributed by atoms with van der Waals surface area (Å²) in [6.07, 6.45) is 7.50. The Morgan fingerprint density at radius 2 is 1.61 bits per heavy atom. The van der Waals surface area contributed by atoms with Crippen molar-refractivity contribution in [1.29, 1.82) is 0 Å². The number of nitrogens with one attached hydrogen (secondary N) is 1. The van der Waals surface area contributed by atoms with Crippen LogP contribution < -0.4 is 9.46 Å². The quantitative estimate of drug-likeness (QED) is 0.153. The molecule has 0 saturated heterocycles. The number of imidazole rings is 1. The van der Waals surface area contributed by atoms with Gasteiger partial charge in [0.2, 0.25) is 0 Å². The van der Waals surface area contributed by atoms with Crippen LogP contribution in [-0.4, -0.2) is 33.1 Å². The van der Waals surface area contributed by atoms with Gasteiger partial charge in [-0.25, -0.2) is 14.0 Å². The zero-order chi connectivity index (χ0) is 31.2. The van der Waals surface area contributed by atoms with Crippen LogP contribution in [0.15, 0.2) is 91.1 Å². The Hall–Kier alpha value is -4.37. The standard InChI is InChI=1S/C34H29Cl2N3O4S/c1-4-39-21-32(28-16-12-25(35)19-30(28)36)37-33(39)18-7-22-5-8-23(9-6-22)24-10-13-26(14-11-24)43-27-15-17-29(34(40)42-2)31(20-27)38-44(3)41/h5-21,38H,4H2,1-3H3/b18-7+. The molecule has 0 aliphatic heterocycles. The van der Waals surface area contributed by atoms with Gasteiger partial charge in [-0.1, -0.05) is 65.7 Å². The summed E-state index contributed by atoms with van der Waals surface area (Å²) in [6.45, 7) is 2.84. The number of methoxy groups -OCH3 is 1. The first kappa shape index (κ1) is 31.1. The molecule has 10 heteroatoms. The minimum atomic E-state index is -1.38. The normalized spacial score (nSPS) is 11.8. The van der Waals surface area contributed by atoms with Gasteiger partial charge in [0.25, 0.3) is 0 Å². The van der Waals surface area contributed by atoms with E-state index in [0.717, 1.165) is 40.3 Å². The predicted molar refractivity (Wildman–Crippen MR) is 180 cm³/mol. The molecule has 7 nitrogen and oxygen atoms in total. The van der Waals surface area contributed by atoms with Crippen molar-refractivity contribution in [3.8, 4) is 33.9 Å². The number of ether oxygens (including phenoxy) is 2. The third-order valence-electron chi connectivity index (χ3n) is 6.76. The number of aryl methyl sites for hydroxylation is 1. The third-order valence-corrected chi connectivity index (χ3v) is 7.82. The highest BCUT2D eigenvalue weighted by Crippen LogP contribution is 2.31. The molecule has 4 aromatic carbocycles. The van der Waals surface area contributed by atoms with Gasteiger partial charge in [0.15, 0.2) is 0 Å². The number of aromatic nitrogens is 2. The molecule has 0 fully saturated rings. The lowest BCUT2D eigenvalue weighted by molar-refractivity contribution is 0.0602. The first-order valence-corrected chi connectivity index (χ1v) is 16.0. The van der Waals surface area contributed by atoms with Crippen LogP contribution in [0.5, 0.6) is 11.5 Å². The summed E-state index contributed by atoms with van der Waals surface area (Å²) in [6, 6.07) is 26.2. The van der Waals surface area contributed by atoms with Crippen LogP contribution in [0.25, 0.3) is 34.5 Å². The summed E-state index contributed by atoms with van der Waals surface area (Å²) in [7, 11) is -0.0810. The number of anilines is 1. The van der Waals surface area contributed by atoms with Crippen LogP contribution in [0.4, 0.5) is 5.69 Å². The van der Waals surface area contributed by atoms with Crippen LogP contribution >= 0.6 is 23.2 Å². The largest absolute Gasteiger partial charge is 0.465 e. The molecule has 44 heavy (non-hydrogen) atoms. The summed E-state index contributed by atoms with van der Waals surface area (Å²) >= 11 is 12.5. The van der Waals surface area contributed by atoms with E-state index in [0.29, 0.717) is 27.2 Å². The summed E-state index contributed by atoms with van der Waals surface area (Å²) in [5.41, 5.74) is 5.40. The van der Waals surface area contributed by atoms with Gasteiger partial charge in [-0.15, -0.1) is 0 Å². The molecule has 1 atom stereocenters. The van der Waals surface area contributed by atoms with Gasteiger partial charge in [0.05, 0.1) is 29.1 Å². The predicted octanol–water partition coefficient (Wildman–Crippen LogP) is 9.00. The molecular weight excluding hydrogens is 617 g/mol. The first-order valence-electron chi connectivity index (χ1n) is 13.7. The van der Waals surface area contributed by atoms with Crippen LogP contribution in [0.3, 0.4) is 0 Å². The average molecular weight is 647 g/mol. The third kappa shape index (κ3) is 7.39. The lowest BCUT2D eigenvalue weighted by Gasteiger charge is -2.12. The number of carbonyl (C=O) groups is 1. The Morgan fingerprint density at radius 3 is 2.25 bits per heavy atom. The molecule has 5 aromatic rings. The first-order chi connectivity index (χ1) is 21.2. The van der Waals surface area contributed by atoms with Gasteiger partial charge < -0.3 is 18.8 Å². The summed E-state index contributed by atoms with van der Waals surface area (Å²) in [5.74, 6) is 1.41. The number of nitrogens with zero attached hydrogens (tertiary/aromatic N) is 2. The van der Waals surface area contributed by atoms with E-state index in [2.05, 4.69) is 40.5 Å². The molecule has 5 rings (SSSR count). The Balaban J connectivity index is 1.28. The van der Waals surface area contributed by atoms with Gasteiger partial charge in [-0.05, 0) is 72.2 Å². The van der Waals surface area contributed by atoms with E-state index in [4.69, 9.17) is 37.7 Å². The Labute approximate surface area is 268 Å². The van der Waals surface area contributed by atoms with E-state index in [1.807, 2.05) is 54.7 Å². The Bertz CT molecular complexity index is 1850. The molecule has 0 saturated carbocycles. The molecule has 0 aliphatic rings. The zero-order valence-corrected chi connectivity index (χ0v) is 26.5. The van der Waals surface area contributed by atoms with Gasteiger partial charge >= 0.3 is 5.97 Å². The number of hydrogen-bond donors (Lipinski definition) is 1. The highest BCUT2D eigenvalue weighted by atomic mass is 35.5. The van der Waals surface area contributed by atoms with Crippen molar-refractivity contribution < 1.29 is 18.5 Å². The van der Waals surface area contributed by atoms with E-state index < -0.39 is 17.0 Å². The summed E-state index contributed by atoms with van der Waals surface area (Å²) in [5, 5.41) is 1.15. The molecular formula is C34H29Cl2N3O4S. The molecule has 1 aromatic heterocycles. The lowest BCUT2D eigenvalue weighted by Crippen LogP contribution is -2.09. The van der Waals surface area contributed by atoms with Gasteiger partial charge in [-0.3, -0.25) is 0 Å². The second kappa shape index (κ2) is 13.9. The second-order valence-corrected chi connectivity index (χ2v) is 11.7. The van der Waals surface area contributed by atoms with Crippen molar-refractivity contribution >= 4 is 58.0 Å². The number of benzene rings is 4. The molecule has 1 heterocycles. The van der Waals surface area contributed by atoms with Crippen LogP contribution in [0.1, 0.15) is 28.7 Å². The fraction of sp³-hybridized carbons (Fsp3) is 0.118. The van der Waals surface area contributed by atoms with E-state index in [9.17, 15) is 9.00 Å². The Kier molecular flexibility index (Phi) is 9.85. The molecule has 1 N–H and O–H groups in total. The van der Waals surface area contributed by atoms with E-state index in [-0.39, 0.29) is 5.56 Å². The maximum atomic E-state index is 12.1. The molecule has 0 spiro atoms. The SMILES string of the molecule is CCn1cc(-c2ccc(Cl)cc2Cl)nc1/C=C/c1ccc(-c2ccc(Oc3ccc(C(=O)OC)c(NS(C)=O)c3)cc2)cc1. The monoisotopic (exact) mass is 645 g/mol. The summed E-state index contributed by atoms with van der Waals surface area (Å²) in [4.78, 5) is 16.9. The van der Waals surface area contributed by atoms with Crippen LogP contribution in [0.2, 0.25) is 10.0 Å². The van der Waals surface area contributed by atoms with E-state index in [1.54, 1.807) is 24.3 Å². The van der Waals surface area contributed by atoms with E-state index >= 15 is 0 Å². The molecule has 224 valence electrons. The number of hydrogen-bond acceptors (Lipinski definition) is 5. The number of esters is 1. The van der Waals surface area contributed by atoms with Crippen LogP contribution in [0, 0.1) is 0 Å². The second-order valence-electron chi connectivity index (χ2n) is 9.73. The van der Waals surface area contributed by atoms with Gasteiger partial charge in [0.1, 0.15) is 28.3 Å². The lowest BCUT2D eigenvalue weighted by atomic mass is 10.0. The Morgan fingerprint density at radius 1 is 0.932 bits per heavy atom.